The summed E-state index contributed by atoms with van der Waals surface area (Å²) in [4.78, 5) is 12.5. The Morgan fingerprint density at radius 1 is 1.33 bits per heavy atom. The smallest absolute Gasteiger partial charge is 0.286 e. The van der Waals surface area contributed by atoms with E-state index >= 15 is 0 Å². The molecule has 0 aromatic rings. The summed E-state index contributed by atoms with van der Waals surface area (Å²) < 4.78 is 11.8. The number of carbonyl (C=O) groups excluding carboxylic acids is 1. The number of nitrogens with one attached hydrogen (secondary N) is 1. The van der Waals surface area contributed by atoms with Gasteiger partial charge in [0, 0.05) is 25.2 Å². The molecule has 2 N–H and O–H groups in total. The molecule has 24 heavy (non-hydrogen) atoms. The van der Waals surface area contributed by atoms with Gasteiger partial charge in [0.25, 0.3) is 5.91 Å². The first-order valence-corrected chi connectivity index (χ1v) is 9.64. The van der Waals surface area contributed by atoms with Crippen molar-refractivity contribution < 1.29 is 19.4 Å². The topological polar surface area (TPSA) is 67.8 Å². The molecule has 1 aliphatic heterocycles. The molecule has 2 saturated carbocycles. The van der Waals surface area contributed by atoms with Crippen LogP contribution in [0.3, 0.4) is 0 Å². The summed E-state index contributed by atoms with van der Waals surface area (Å²) in [5, 5.41) is 12.3. The van der Waals surface area contributed by atoms with Crippen LogP contribution in [-0.2, 0) is 14.3 Å². The third-order valence-corrected chi connectivity index (χ3v) is 5.82. The number of hydrogen-bond donors (Lipinski definition) is 2. The molecule has 2 aliphatic carbocycles. The van der Waals surface area contributed by atoms with E-state index in [-0.39, 0.29) is 24.7 Å². The zero-order valence-corrected chi connectivity index (χ0v) is 14.7. The van der Waals surface area contributed by atoms with E-state index in [1.807, 2.05) is 6.92 Å². The third-order valence-electron chi connectivity index (χ3n) is 5.82. The maximum Gasteiger partial charge on any atom is 0.286 e. The first-order chi connectivity index (χ1) is 11.7. The van der Waals surface area contributed by atoms with Gasteiger partial charge in [-0.3, -0.25) is 4.79 Å². The summed E-state index contributed by atoms with van der Waals surface area (Å²) in [7, 11) is 0. The predicted octanol–water partition coefficient (Wildman–Crippen LogP) is 2.74. The van der Waals surface area contributed by atoms with E-state index in [0.717, 1.165) is 25.7 Å². The van der Waals surface area contributed by atoms with Gasteiger partial charge in [0.2, 0.25) is 6.29 Å². The minimum atomic E-state index is -0.376. The van der Waals surface area contributed by atoms with Crippen LogP contribution in [-0.4, -0.2) is 36.6 Å². The monoisotopic (exact) mass is 337 g/mol. The maximum atomic E-state index is 12.5. The minimum Gasteiger partial charge on any atom is -0.459 e. The van der Waals surface area contributed by atoms with Crippen molar-refractivity contribution in [3.05, 3.63) is 11.8 Å². The first-order valence-electron chi connectivity index (χ1n) is 9.64. The number of rotatable bonds is 8. The summed E-state index contributed by atoms with van der Waals surface area (Å²) >= 11 is 0. The van der Waals surface area contributed by atoms with Crippen molar-refractivity contribution in [1.29, 1.82) is 0 Å². The Morgan fingerprint density at radius 2 is 2.08 bits per heavy atom. The van der Waals surface area contributed by atoms with Crippen LogP contribution in [0, 0.1) is 17.8 Å². The lowest BCUT2D eigenvalue weighted by molar-refractivity contribution is -0.178. The Balaban J connectivity index is 1.74. The third kappa shape index (κ3) is 3.94. The molecule has 2 fully saturated rings. The van der Waals surface area contributed by atoms with E-state index in [1.165, 1.54) is 25.7 Å². The Morgan fingerprint density at radius 3 is 2.62 bits per heavy atom. The lowest BCUT2D eigenvalue weighted by Crippen LogP contribution is -2.45. The van der Waals surface area contributed by atoms with E-state index < -0.39 is 0 Å². The predicted molar refractivity (Wildman–Crippen MR) is 91.0 cm³/mol. The van der Waals surface area contributed by atoms with E-state index in [9.17, 15) is 9.90 Å². The Bertz CT molecular complexity index is 456. The molecular formula is C19H31NO4. The van der Waals surface area contributed by atoms with Crippen LogP contribution in [0.1, 0.15) is 58.3 Å². The summed E-state index contributed by atoms with van der Waals surface area (Å²) in [6.45, 7) is 2.71. The summed E-state index contributed by atoms with van der Waals surface area (Å²) in [5.74, 6) is 1.51. The van der Waals surface area contributed by atoms with Crippen molar-refractivity contribution in [2.75, 3.05) is 13.2 Å². The van der Waals surface area contributed by atoms with Gasteiger partial charge >= 0.3 is 0 Å². The molecule has 3 atom stereocenters. The standard InChI is InChI=1S/C19H31NO4/c1-2-23-19-15(10-5-11-21)16(13-6-3-7-13)12-17(24-19)18(22)20-14-8-4-9-14/h12-16,19,21H,2-11H2,1H3,(H,20,22)/t15-,16-,19-/m1/s1. The molecule has 1 heterocycles. The molecule has 136 valence electrons. The van der Waals surface area contributed by atoms with E-state index in [2.05, 4.69) is 11.4 Å². The lowest BCUT2D eigenvalue weighted by Gasteiger charge is -2.43. The first kappa shape index (κ1) is 17.7. The van der Waals surface area contributed by atoms with Crippen molar-refractivity contribution in [3.8, 4) is 0 Å². The van der Waals surface area contributed by atoms with Gasteiger partial charge in [-0.1, -0.05) is 6.42 Å². The fourth-order valence-electron chi connectivity index (χ4n) is 3.96. The molecule has 0 radical (unpaired) electrons. The second-order valence-electron chi connectivity index (χ2n) is 7.37. The molecule has 0 aromatic heterocycles. The summed E-state index contributed by atoms with van der Waals surface area (Å²) in [6, 6.07) is 0.307. The normalized spacial score (nSPS) is 30.8. The lowest BCUT2D eigenvalue weighted by atomic mass is 9.68. The molecule has 0 spiro atoms. The number of amides is 1. The van der Waals surface area contributed by atoms with Gasteiger partial charge in [0.05, 0.1) is 0 Å². The molecule has 0 aromatic carbocycles. The summed E-state index contributed by atoms with van der Waals surface area (Å²) in [5.41, 5.74) is 0. The number of aliphatic hydroxyl groups excluding tert-OH is 1. The minimum absolute atomic E-state index is 0.0886. The van der Waals surface area contributed by atoms with Crippen LogP contribution in [0.25, 0.3) is 0 Å². The van der Waals surface area contributed by atoms with Gasteiger partial charge in [0.1, 0.15) is 0 Å². The van der Waals surface area contributed by atoms with Crippen molar-refractivity contribution in [2.24, 2.45) is 17.8 Å². The Labute approximate surface area is 144 Å². The van der Waals surface area contributed by atoms with Gasteiger partial charge in [-0.15, -0.1) is 0 Å². The molecule has 5 nitrogen and oxygen atoms in total. The highest BCUT2D eigenvalue weighted by Crippen LogP contribution is 2.44. The number of ether oxygens (including phenoxy) is 2. The van der Waals surface area contributed by atoms with Gasteiger partial charge in [-0.05, 0) is 69.8 Å². The summed E-state index contributed by atoms with van der Waals surface area (Å²) in [6.07, 6.45) is 10.3. The van der Waals surface area contributed by atoms with E-state index in [4.69, 9.17) is 9.47 Å². The Hall–Kier alpha value is -1.07. The van der Waals surface area contributed by atoms with Crippen molar-refractivity contribution in [1.82, 2.24) is 5.32 Å². The van der Waals surface area contributed by atoms with Crippen molar-refractivity contribution in [3.63, 3.8) is 0 Å². The molecule has 0 unspecified atom stereocenters. The molecular weight excluding hydrogens is 306 g/mol. The van der Waals surface area contributed by atoms with Crippen LogP contribution >= 0.6 is 0 Å². The van der Waals surface area contributed by atoms with Crippen LogP contribution in [0.2, 0.25) is 0 Å². The zero-order chi connectivity index (χ0) is 16.9. The molecule has 0 saturated heterocycles. The second kappa shape index (κ2) is 8.34. The van der Waals surface area contributed by atoms with Crippen LogP contribution in [0.15, 0.2) is 11.8 Å². The molecule has 0 bridgehead atoms. The number of carbonyl (C=O) groups is 1. The number of hydrogen-bond acceptors (Lipinski definition) is 4. The van der Waals surface area contributed by atoms with Gasteiger partial charge in [-0.25, -0.2) is 0 Å². The average Bonchev–Trinajstić information content (AvgIpc) is 2.48. The zero-order valence-electron chi connectivity index (χ0n) is 14.7. The van der Waals surface area contributed by atoms with Gasteiger partial charge < -0.3 is 19.9 Å². The Kier molecular flexibility index (Phi) is 6.17. The SMILES string of the molecule is CCO[C@@H]1OC(C(=O)NC2CCC2)=C[C@H](C2CCC2)[C@H]1CCCO. The van der Waals surface area contributed by atoms with E-state index in [1.54, 1.807) is 0 Å². The highest BCUT2D eigenvalue weighted by molar-refractivity contribution is 5.91. The fraction of sp³-hybridized carbons (Fsp3) is 0.842. The second-order valence-corrected chi connectivity index (χ2v) is 7.37. The van der Waals surface area contributed by atoms with Crippen molar-refractivity contribution >= 4 is 5.91 Å². The average molecular weight is 337 g/mol. The van der Waals surface area contributed by atoms with E-state index in [0.29, 0.717) is 30.2 Å². The van der Waals surface area contributed by atoms with Crippen LogP contribution in [0.5, 0.6) is 0 Å². The quantitative estimate of drug-likeness (QED) is 0.715. The number of aliphatic hydroxyl groups is 1. The number of allylic oxidation sites excluding steroid dienone is 1. The molecule has 3 rings (SSSR count). The molecule has 3 aliphatic rings. The van der Waals surface area contributed by atoms with Gasteiger partial charge in [-0.2, -0.15) is 0 Å². The van der Waals surface area contributed by atoms with Crippen LogP contribution < -0.4 is 5.32 Å². The molecule has 1 amide bonds. The van der Waals surface area contributed by atoms with Crippen LogP contribution in [0.4, 0.5) is 0 Å². The highest BCUT2D eigenvalue weighted by atomic mass is 16.7. The highest BCUT2D eigenvalue weighted by Gasteiger charge is 2.42. The van der Waals surface area contributed by atoms with Crippen molar-refractivity contribution in [2.45, 2.75) is 70.6 Å². The van der Waals surface area contributed by atoms with Gasteiger partial charge in [0.15, 0.2) is 5.76 Å². The largest absolute Gasteiger partial charge is 0.459 e. The fourth-order valence-corrected chi connectivity index (χ4v) is 3.96. The molecule has 5 heteroatoms. The maximum absolute atomic E-state index is 12.5.